The lowest BCUT2D eigenvalue weighted by Gasteiger charge is -2.18. The fourth-order valence-corrected chi connectivity index (χ4v) is 2.95. The van der Waals surface area contributed by atoms with Gasteiger partial charge in [0.05, 0.1) is 11.6 Å². The van der Waals surface area contributed by atoms with Gasteiger partial charge in [0, 0.05) is 17.3 Å². The summed E-state index contributed by atoms with van der Waals surface area (Å²) in [6.07, 6.45) is 0. The van der Waals surface area contributed by atoms with Gasteiger partial charge in [0.15, 0.2) is 11.5 Å². The van der Waals surface area contributed by atoms with E-state index in [1.54, 1.807) is 48.5 Å². The summed E-state index contributed by atoms with van der Waals surface area (Å²) in [5.74, 6) is 1.58. The highest BCUT2D eigenvalue weighted by atomic mass is 16.6. The first kappa shape index (κ1) is 18.4. The zero-order valence-corrected chi connectivity index (χ0v) is 15.6. The number of rotatable bonds is 5. The van der Waals surface area contributed by atoms with Crippen LogP contribution >= 0.6 is 0 Å². The Kier molecular flexibility index (Phi) is 5.30. The summed E-state index contributed by atoms with van der Waals surface area (Å²) in [4.78, 5) is 12.6. The van der Waals surface area contributed by atoms with Crippen LogP contribution in [0.3, 0.4) is 0 Å². The van der Waals surface area contributed by atoms with Gasteiger partial charge in [0.1, 0.15) is 25.6 Å². The standard InChI is InChI=1S/C23H18N2O4/c24-14-16-3-1-4-17(11-16)15-29-20-6-2-5-19(13-20)25-23(26)18-7-8-21-22(12-18)28-10-9-27-21/h1-8,11-13H,9-10,15H2,(H,25,26). The van der Waals surface area contributed by atoms with Gasteiger partial charge < -0.3 is 19.5 Å². The summed E-state index contributed by atoms with van der Waals surface area (Å²) in [7, 11) is 0. The van der Waals surface area contributed by atoms with E-state index < -0.39 is 0 Å². The van der Waals surface area contributed by atoms with E-state index in [-0.39, 0.29) is 5.91 Å². The molecule has 0 aliphatic carbocycles. The first-order chi connectivity index (χ1) is 14.2. The second kappa shape index (κ2) is 8.36. The van der Waals surface area contributed by atoms with Crippen molar-refractivity contribution in [3.05, 3.63) is 83.4 Å². The monoisotopic (exact) mass is 386 g/mol. The third-order valence-electron chi connectivity index (χ3n) is 4.36. The van der Waals surface area contributed by atoms with Crippen molar-refractivity contribution in [3.63, 3.8) is 0 Å². The summed E-state index contributed by atoms with van der Waals surface area (Å²) in [6, 6.07) is 21.6. The zero-order valence-electron chi connectivity index (χ0n) is 15.6. The number of nitrogens with zero attached hydrogens (tertiary/aromatic N) is 1. The van der Waals surface area contributed by atoms with Gasteiger partial charge >= 0.3 is 0 Å². The molecule has 144 valence electrons. The van der Waals surface area contributed by atoms with Gasteiger partial charge in [-0.15, -0.1) is 0 Å². The number of benzene rings is 3. The van der Waals surface area contributed by atoms with Crippen LogP contribution in [0.4, 0.5) is 5.69 Å². The predicted octanol–water partition coefficient (Wildman–Crippen LogP) is 4.16. The van der Waals surface area contributed by atoms with Crippen LogP contribution in [0.1, 0.15) is 21.5 Å². The van der Waals surface area contributed by atoms with E-state index in [2.05, 4.69) is 11.4 Å². The minimum Gasteiger partial charge on any atom is -0.489 e. The van der Waals surface area contributed by atoms with Crippen molar-refractivity contribution >= 4 is 11.6 Å². The van der Waals surface area contributed by atoms with Gasteiger partial charge in [0.2, 0.25) is 0 Å². The van der Waals surface area contributed by atoms with E-state index in [1.807, 2.05) is 18.2 Å². The molecule has 0 fully saturated rings. The molecule has 0 spiro atoms. The van der Waals surface area contributed by atoms with Crippen LogP contribution in [0.25, 0.3) is 0 Å². The van der Waals surface area contributed by atoms with Crippen LogP contribution in [-0.4, -0.2) is 19.1 Å². The normalized spacial score (nSPS) is 12.0. The highest BCUT2D eigenvalue weighted by Gasteiger charge is 2.15. The molecular formula is C23H18N2O4. The first-order valence-corrected chi connectivity index (χ1v) is 9.14. The molecule has 4 rings (SSSR count). The van der Waals surface area contributed by atoms with E-state index in [0.717, 1.165) is 5.56 Å². The lowest BCUT2D eigenvalue weighted by molar-refractivity contribution is 0.102. The van der Waals surface area contributed by atoms with Gasteiger partial charge in [-0.1, -0.05) is 18.2 Å². The van der Waals surface area contributed by atoms with Gasteiger partial charge in [-0.25, -0.2) is 0 Å². The van der Waals surface area contributed by atoms with Crippen LogP contribution in [0, 0.1) is 11.3 Å². The Morgan fingerprint density at radius 3 is 2.69 bits per heavy atom. The molecular weight excluding hydrogens is 368 g/mol. The Bertz CT molecular complexity index is 1090. The quantitative estimate of drug-likeness (QED) is 0.712. The molecule has 3 aromatic rings. The second-order valence-electron chi connectivity index (χ2n) is 6.44. The highest BCUT2D eigenvalue weighted by Crippen LogP contribution is 2.31. The number of carbonyl (C=O) groups excluding carboxylic acids is 1. The van der Waals surface area contributed by atoms with Crippen molar-refractivity contribution in [3.8, 4) is 23.3 Å². The van der Waals surface area contributed by atoms with Gasteiger partial charge in [0.25, 0.3) is 5.91 Å². The Morgan fingerprint density at radius 2 is 1.83 bits per heavy atom. The number of fused-ring (bicyclic) bond motifs is 1. The number of amides is 1. The van der Waals surface area contributed by atoms with Gasteiger partial charge in [-0.2, -0.15) is 5.26 Å². The van der Waals surface area contributed by atoms with Crippen LogP contribution in [0.15, 0.2) is 66.7 Å². The van der Waals surface area contributed by atoms with Crippen LogP contribution in [0.5, 0.6) is 17.2 Å². The molecule has 29 heavy (non-hydrogen) atoms. The van der Waals surface area contributed by atoms with Crippen molar-refractivity contribution in [2.75, 3.05) is 18.5 Å². The number of hydrogen-bond donors (Lipinski definition) is 1. The fraction of sp³-hybridized carbons (Fsp3) is 0.130. The maximum Gasteiger partial charge on any atom is 0.255 e. The van der Waals surface area contributed by atoms with Crippen molar-refractivity contribution in [1.82, 2.24) is 0 Å². The van der Waals surface area contributed by atoms with E-state index >= 15 is 0 Å². The molecule has 0 saturated heterocycles. The lowest BCUT2D eigenvalue weighted by atomic mass is 10.1. The topological polar surface area (TPSA) is 80.6 Å². The summed E-state index contributed by atoms with van der Waals surface area (Å²) in [5.41, 5.74) is 2.59. The summed E-state index contributed by atoms with van der Waals surface area (Å²) >= 11 is 0. The van der Waals surface area contributed by atoms with Crippen molar-refractivity contribution in [1.29, 1.82) is 5.26 Å². The molecule has 0 aromatic heterocycles. The third-order valence-corrected chi connectivity index (χ3v) is 4.36. The molecule has 1 amide bonds. The Labute approximate surface area is 168 Å². The SMILES string of the molecule is N#Cc1cccc(COc2cccc(NC(=O)c3ccc4c(c3)OCCO4)c2)c1. The van der Waals surface area contributed by atoms with Gasteiger partial charge in [-0.3, -0.25) is 4.79 Å². The van der Waals surface area contributed by atoms with Crippen molar-refractivity contribution < 1.29 is 19.0 Å². The van der Waals surface area contributed by atoms with E-state index in [1.165, 1.54) is 0 Å². The summed E-state index contributed by atoms with van der Waals surface area (Å²) < 4.78 is 16.8. The Morgan fingerprint density at radius 1 is 1.00 bits per heavy atom. The summed E-state index contributed by atoms with van der Waals surface area (Å²) in [6.45, 7) is 1.30. The Hall–Kier alpha value is -3.98. The second-order valence-corrected chi connectivity index (χ2v) is 6.44. The van der Waals surface area contributed by atoms with Crippen LogP contribution in [-0.2, 0) is 6.61 Å². The molecule has 0 radical (unpaired) electrons. The predicted molar refractivity (Wildman–Crippen MR) is 107 cm³/mol. The molecule has 6 heteroatoms. The maximum atomic E-state index is 12.6. The smallest absolute Gasteiger partial charge is 0.255 e. The average molecular weight is 386 g/mol. The molecule has 0 saturated carbocycles. The molecule has 0 unspecified atom stereocenters. The molecule has 1 aliphatic rings. The number of carbonyl (C=O) groups is 1. The van der Waals surface area contributed by atoms with E-state index in [4.69, 9.17) is 19.5 Å². The minimum atomic E-state index is -0.249. The number of anilines is 1. The third kappa shape index (κ3) is 4.47. The summed E-state index contributed by atoms with van der Waals surface area (Å²) in [5, 5.41) is 11.8. The molecule has 3 aromatic carbocycles. The number of ether oxygens (including phenoxy) is 3. The molecule has 1 heterocycles. The average Bonchev–Trinajstić information content (AvgIpc) is 2.77. The molecule has 0 atom stereocenters. The van der Waals surface area contributed by atoms with Crippen LogP contribution in [0.2, 0.25) is 0 Å². The lowest BCUT2D eigenvalue weighted by Crippen LogP contribution is -2.17. The molecule has 1 N–H and O–H groups in total. The van der Waals surface area contributed by atoms with Crippen molar-refractivity contribution in [2.24, 2.45) is 0 Å². The van der Waals surface area contributed by atoms with E-state index in [0.29, 0.717) is 53.9 Å². The zero-order chi connectivity index (χ0) is 20.1. The Balaban J connectivity index is 1.42. The molecule has 1 aliphatic heterocycles. The number of nitrogens with one attached hydrogen (secondary N) is 1. The van der Waals surface area contributed by atoms with Crippen molar-refractivity contribution in [2.45, 2.75) is 6.61 Å². The highest BCUT2D eigenvalue weighted by molar-refractivity contribution is 6.04. The minimum absolute atomic E-state index is 0.249. The first-order valence-electron chi connectivity index (χ1n) is 9.14. The number of nitriles is 1. The van der Waals surface area contributed by atoms with Gasteiger partial charge in [-0.05, 0) is 48.0 Å². The number of hydrogen-bond acceptors (Lipinski definition) is 5. The largest absolute Gasteiger partial charge is 0.489 e. The molecule has 0 bridgehead atoms. The maximum absolute atomic E-state index is 12.6. The fourth-order valence-electron chi connectivity index (χ4n) is 2.95. The molecule has 6 nitrogen and oxygen atoms in total. The van der Waals surface area contributed by atoms with E-state index in [9.17, 15) is 4.79 Å². The van der Waals surface area contributed by atoms with Crippen LogP contribution < -0.4 is 19.5 Å².